The van der Waals surface area contributed by atoms with Crippen molar-refractivity contribution < 1.29 is 41.1 Å². The lowest BCUT2D eigenvalue weighted by molar-refractivity contribution is 0.0494. The largest absolute Gasteiger partial charge is 0.798 e. The molecule has 9 nitrogen and oxygen atoms in total. The molecule has 0 radical (unpaired) electrons. The van der Waals surface area contributed by atoms with Crippen LogP contribution in [0.1, 0.15) is 50.0 Å². The molecule has 2 fully saturated rings. The predicted molar refractivity (Wildman–Crippen MR) is 131 cm³/mol. The Bertz CT molecular complexity index is 1310. The number of benzene rings is 1. The van der Waals surface area contributed by atoms with Gasteiger partial charge in [0.1, 0.15) is 16.9 Å². The molecule has 1 aliphatic heterocycles. The predicted octanol–water partition coefficient (Wildman–Crippen LogP) is 3.86. The molecule has 1 N–H and O–H groups in total. The monoisotopic (exact) mass is 541 g/mol. The molecule has 4 rings (SSSR count). The summed E-state index contributed by atoms with van der Waals surface area (Å²) in [6, 6.07) is 0.0287. The second kappa shape index (κ2) is 10.4. The molecule has 1 amide bonds. The maximum Gasteiger partial charge on any atom is 0.798 e. The van der Waals surface area contributed by atoms with E-state index < -0.39 is 60.6 Å². The summed E-state index contributed by atoms with van der Waals surface area (Å²) in [6.45, 7) is 4.33. The molecule has 14 heteroatoms. The van der Waals surface area contributed by atoms with Gasteiger partial charge in [-0.3, -0.25) is 9.18 Å². The van der Waals surface area contributed by atoms with Crippen molar-refractivity contribution in [3.05, 3.63) is 33.9 Å². The summed E-state index contributed by atoms with van der Waals surface area (Å²) >= 11 is 0. The first-order valence-corrected chi connectivity index (χ1v) is 12.1. The van der Waals surface area contributed by atoms with Gasteiger partial charge in [0.05, 0.1) is 30.7 Å². The number of nitrogens with one attached hydrogen (secondary N) is 1. The van der Waals surface area contributed by atoms with Gasteiger partial charge in [0, 0.05) is 31.2 Å². The molecular weight excluding hydrogens is 513 g/mol. The Balaban J connectivity index is 1.78. The zero-order valence-electron chi connectivity index (χ0n) is 21.4. The Kier molecular flexibility index (Phi) is 7.53. The molecule has 2 unspecified atom stereocenters. The van der Waals surface area contributed by atoms with E-state index in [9.17, 15) is 27.4 Å². The minimum atomic E-state index is -3.43. The van der Waals surface area contributed by atoms with Crippen molar-refractivity contribution in [1.82, 2.24) is 9.88 Å². The topological polar surface area (TPSA) is 99.1 Å². The number of pyridine rings is 1. The van der Waals surface area contributed by atoms with E-state index in [-0.39, 0.29) is 41.5 Å². The second-order valence-electron chi connectivity index (χ2n) is 10.4. The minimum Gasteiger partial charge on any atom is -0.492 e. The first-order chi connectivity index (χ1) is 17.8. The number of alkyl carbamates (subject to hydrolysis) is 1. The van der Waals surface area contributed by atoms with Crippen molar-refractivity contribution in [2.24, 2.45) is 5.92 Å². The zero-order valence-corrected chi connectivity index (χ0v) is 21.4. The van der Waals surface area contributed by atoms with Crippen molar-refractivity contribution in [1.29, 1.82) is 0 Å². The van der Waals surface area contributed by atoms with Crippen LogP contribution in [0, 0.1) is 11.7 Å². The summed E-state index contributed by atoms with van der Waals surface area (Å²) in [5, 5.41) is 2.39. The highest BCUT2D eigenvalue weighted by molar-refractivity contribution is 6.38. The Morgan fingerprint density at radius 3 is 2.45 bits per heavy atom. The summed E-state index contributed by atoms with van der Waals surface area (Å²) < 4.78 is 71.1. The van der Waals surface area contributed by atoms with Gasteiger partial charge >= 0.3 is 19.5 Å². The summed E-state index contributed by atoms with van der Waals surface area (Å²) in [6.07, 6.45) is 1.73. The molecule has 1 aliphatic carbocycles. The summed E-state index contributed by atoms with van der Waals surface area (Å²) in [4.78, 5) is 39.1. The number of amides is 1. The Morgan fingerprint density at radius 1 is 1.21 bits per heavy atom. The number of alkyl halides is 1. The van der Waals surface area contributed by atoms with E-state index in [0.29, 0.717) is 12.8 Å². The van der Waals surface area contributed by atoms with Crippen LogP contribution < -0.4 is 20.4 Å². The van der Waals surface area contributed by atoms with E-state index in [4.69, 9.17) is 9.47 Å². The Labute approximate surface area is 216 Å². The van der Waals surface area contributed by atoms with Crippen LogP contribution in [0.25, 0.3) is 10.9 Å². The number of anilines is 1. The third-order valence-corrected chi connectivity index (χ3v) is 6.42. The van der Waals surface area contributed by atoms with Gasteiger partial charge in [0.2, 0.25) is 5.43 Å². The van der Waals surface area contributed by atoms with Crippen molar-refractivity contribution in [2.75, 3.05) is 31.8 Å². The quantitative estimate of drug-likeness (QED) is 0.420. The number of carbonyl (C=O) groups is 2. The van der Waals surface area contributed by atoms with Crippen molar-refractivity contribution >= 4 is 36.1 Å². The molecule has 1 aromatic carbocycles. The molecule has 2 aliphatic rings. The van der Waals surface area contributed by atoms with Crippen molar-refractivity contribution in [3.8, 4) is 5.75 Å². The number of hydrogen-bond acceptors (Lipinski definition) is 7. The molecule has 2 aromatic rings. The van der Waals surface area contributed by atoms with Crippen LogP contribution >= 0.6 is 0 Å². The van der Waals surface area contributed by atoms with Crippen LogP contribution in [-0.2, 0) is 9.39 Å². The lowest BCUT2D eigenvalue weighted by Gasteiger charge is -2.25. The Hall–Kier alpha value is -3.45. The van der Waals surface area contributed by atoms with Crippen LogP contribution in [0.4, 0.5) is 27.9 Å². The number of halogens is 4. The minimum absolute atomic E-state index is 0.0269. The van der Waals surface area contributed by atoms with Crippen LogP contribution in [0.2, 0.25) is 0 Å². The number of methoxy groups -OCH3 is 1. The molecule has 0 bridgehead atoms. The van der Waals surface area contributed by atoms with E-state index in [0.717, 1.165) is 12.3 Å². The van der Waals surface area contributed by atoms with Crippen LogP contribution in [0.3, 0.4) is 0 Å². The highest BCUT2D eigenvalue weighted by Gasteiger charge is 2.39. The van der Waals surface area contributed by atoms with Gasteiger partial charge in [-0.1, -0.05) is 0 Å². The third-order valence-electron chi connectivity index (χ3n) is 6.42. The number of carbonyl (C=O) groups excluding carboxylic acids is 2. The average molecular weight is 541 g/mol. The van der Waals surface area contributed by atoms with Crippen LogP contribution in [-0.4, -0.2) is 62.6 Å². The molecule has 38 heavy (non-hydrogen) atoms. The highest BCUT2D eigenvalue weighted by Crippen LogP contribution is 2.44. The smallest absolute Gasteiger partial charge is 0.492 e. The molecular formula is C24H28BF4N3O6. The van der Waals surface area contributed by atoms with Crippen LogP contribution in [0.5, 0.6) is 5.75 Å². The summed E-state index contributed by atoms with van der Waals surface area (Å²) in [5.41, 5.74) is -2.29. The molecule has 0 spiro atoms. The lowest BCUT2D eigenvalue weighted by atomic mass is 10.1. The number of nitrogens with zero attached hydrogens (tertiary/aromatic N) is 2. The average Bonchev–Trinajstić information content (AvgIpc) is 3.57. The summed E-state index contributed by atoms with van der Waals surface area (Å²) in [5.74, 6) is -3.14. The number of hydrogen-bond donors (Lipinski definition) is 1. The van der Waals surface area contributed by atoms with Gasteiger partial charge in [-0.05, 0) is 39.7 Å². The van der Waals surface area contributed by atoms with Crippen molar-refractivity contribution in [3.63, 3.8) is 0 Å². The van der Waals surface area contributed by atoms with Gasteiger partial charge < -0.3 is 28.9 Å². The molecule has 1 saturated heterocycles. The first kappa shape index (κ1) is 27.6. The van der Waals surface area contributed by atoms with E-state index in [1.54, 1.807) is 20.8 Å². The third kappa shape index (κ3) is 5.53. The number of aromatic nitrogens is 1. The highest BCUT2D eigenvalue weighted by atomic mass is 19.2. The van der Waals surface area contributed by atoms with Crippen LogP contribution in [0.15, 0.2) is 17.1 Å². The van der Waals surface area contributed by atoms with Gasteiger partial charge in [0.15, 0.2) is 11.6 Å². The maximum atomic E-state index is 15.6. The fraction of sp³-hybridized carbons (Fsp3) is 0.542. The van der Waals surface area contributed by atoms with E-state index in [1.165, 1.54) is 16.6 Å². The molecule has 1 aromatic heterocycles. The fourth-order valence-electron chi connectivity index (χ4n) is 4.69. The number of rotatable bonds is 7. The SMILES string of the molecule is COc1c(N2CC(CF)C(NC(=O)OC(C)(C)C)C2)c(F)cc2c(=O)c(C(=O)OB(F)F)cn(C3CC3)c12. The second-order valence-corrected chi connectivity index (χ2v) is 10.4. The number of ether oxygens (including phenoxy) is 2. The Morgan fingerprint density at radius 2 is 1.89 bits per heavy atom. The fourth-order valence-corrected chi connectivity index (χ4v) is 4.69. The standard InChI is InChI=1S/C24H28BF4N3O6/c1-24(2,3)37-23(35)30-17-11-31(9-12(17)8-26)19-16(27)7-14-18(21(19)36-4)32(13-5-6-13)10-15(20(14)33)22(34)38-25(28)29/h7,10,12-13,17H,5-6,8-9,11H2,1-4H3,(H,30,35). The molecule has 206 valence electrons. The lowest BCUT2D eigenvalue weighted by Crippen LogP contribution is -2.43. The summed E-state index contributed by atoms with van der Waals surface area (Å²) in [7, 11) is -2.15. The van der Waals surface area contributed by atoms with Crippen molar-refractivity contribution in [2.45, 2.75) is 51.3 Å². The van der Waals surface area contributed by atoms with E-state index in [2.05, 4.69) is 9.97 Å². The van der Waals surface area contributed by atoms with Gasteiger partial charge in [-0.2, -0.15) is 0 Å². The number of fused-ring (bicyclic) bond motifs is 1. The van der Waals surface area contributed by atoms with Gasteiger partial charge in [-0.15, -0.1) is 0 Å². The van der Waals surface area contributed by atoms with Gasteiger partial charge in [-0.25, -0.2) is 22.6 Å². The maximum absolute atomic E-state index is 15.6. The molecule has 2 atom stereocenters. The van der Waals surface area contributed by atoms with Gasteiger partial charge in [0.25, 0.3) is 0 Å². The normalized spacial score (nSPS) is 19.4. The molecule has 2 heterocycles. The zero-order chi connectivity index (χ0) is 27.9. The molecule has 1 saturated carbocycles. The first-order valence-electron chi connectivity index (χ1n) is 12.1. The van der Waals surface area contributed by atoms with E-state index in [1.807, 2.05) is 0 Å². The van der Waals surface area contributed by atoms with E-state index >= 15 is 4.39 Å².